The molecule has 0 fully saturated rings. The minimum absolute atomic E-state index is 0.650. The summed E-state index contributed by atoms with van der Waals surface area (Å²) in [5, 5.41) is 4.09. The van der Waals surface area contributed by atoms with Crippen LogP contribution in [-0.4, -0.2) is 39.1 Å². The second kappa shape index (κ2) is 5.19. The molecule has 1 aromatic rings. The molecule has 13 heavy (non-hydrogen) atoms. The van der Waals surface area contributed by atoms with Gasteiger partial charge in [0.15, 0.2) is 0 Å². The molecule has 1 rings (SSSR count). The van der Waals surface area contributed by atoms with Crippen molar-refractivity contribution in [1.29, 1.82) is 0 Å². The van der Waals surface area contributed by atoms with Gasteiger partial charge in [0, 0.05) is 19.0 Å². The highest BCUT2D eigenvalue weighted by Crippen LogP contribution is 1.98. The molecule has 0 aromatic carbocycles. The van der Waals surface area contributed by atoms with Crippen molar-refractivity contribution in [2.24, 2.45) is 0 Å². The van der Waals surface area contributed by atoms with Gasteiger partial charge < -0.3 is 0 Å². The molecule has 4 nitrogen and oxygen atoms in total. The van der Waals surface area contributed by atoms with Crippen molar-refractivity contribution in [3.63, 3.8) is 0 Å². The highest BCUT2D eigenvalue weighted by Gasteiger charge is 2.05. The zero-order valence-electron chi connectivity index (χ0n) is 8.07. The van der Waals surface area contributed by atoms with Gasteiger partial charge in [-0.3, -0.25) is 4.90 Å². The third kappa shape index (κ3) is 2.97. The summed E-state index contributed by atoms with van der Waals surface area (Å²) >= 11 is 5.63. The van der Waals surface area contributed by atoms with Gasteiger partial charge in [0.2, 0.25) is 0 Å². The lowest BCUT2D eigenvalue weighted by atomic mass is 10.5. The molecule has 0 atom stereocenters. The summed E-state index contributed by atoms with van der Waals surface area (Å²) in [5.74, 6) is 1.65. The number of hydrogen-bond donors (Lipinski definition) is 0. The van der Waals surface area contributed by atoms with E-state index in [9.17, 15) is 0 Å². The highest BCUT2D eigenvalue weighted by molar-refractivity contribution is 6.18. The Morgan fingerprint density at radius 3 is 3.00 bits per heavy atom. The summed E-state index contributed by atoms with van der Waals surface area (Å²) in [6, 6.07) is 0. The Morgan fingerprint density at radius 1 is 1.62 bits per heavy atom. The minimum atomic E-state index is 0.650. The second-order valence-electron chi connectivity index (χ2n) is 2.92. The SMILES string of the molecule is CCn1ncnc1CN(C)CCCl. The maximum Gasteiger partial charge on any atom is 0.140 e. The lowest BCUT2D eigenvalue weighted by Crippen LogP contribution is -2.22. The number of aryl methyl sites for hydroxylation is 1. The van der Waals surface area contributed by atoms with Crippen molar-refractivity contribution in [3.8, 4) is 0 Å². The quantitative estimate of drug-likeness (QED) is 0.668. The molecule has 0 N–H and O–H groups in total. The van der Waals surface area contributed by atoms with E-state index in [1.165, 1.54) is 0 Å². The third-order valence-electron chi connectivity index (χ3n) is 1.87. The fourth-order valence-electron chi connectivity index (χ4n) is 1.14. The van der Waals surface area contributed by atoms with Gasteiger partial charge in [-0.15, -0.1) is 11.6 Å². The number of alkyl halides is 1. The molecule has 0 radical (unpaired) electrons. The fraction of sp³-hybridized carbons (Fsp3) is 0.750. The first-order chi connectivity index (χ1) is 6.27. The average Bonchev–Trinajstić information content (AvgIpc) is 2.52. The average molecular weight is 203 g/mol. The van der Waals surface area contributed by atoms with Crippen LogP contribution in [-0.2, 0) is 13.1 Å². The number of halogens is 1. The van der Waals surface area contributed by atoms with Crippen LogP contribution >= 0.6 is 11.6 Å². The van der Waals surface area contributed by atoms with Crippen LogP contribution in [0.15, 0.2) is 6.33 Å². The lowest BCUT2D eigenvalue weighted by molar-refractivity contribution is 0.329. The Kier molecular flexibility index (Phi) is 4.18. The summed E-state index contributed by atoms with van der Waals surface area (Å²) in [5.41, 5.74) is 0. The van der Waals surface area contributed by atoms with Gasteiger partial charge >= 0.3 is 0 Å². The molecule has 0 aliphatic carbocycles. The normalized spacial score (nSPS) is 11.1. The van der Waals surface area contributed by atoms with E-state index in [1.807, 2.05) is 11.7 Å². The molecule has 74 valence electrons. The largest absolute Gasteiger partial charge is 0.298 e. The predicted octanol–water partition coefficient (Wildman–Crippen LogP) is 0.969. The van der Waals surface area contributed by atoms with E-state index in [4.69, 9.17) is 11.6 Å². The first-order valence-electron chi connectivity index (χ1n) is 4.39. The Bertz CT molecular complexity index is 248. The molecule has 0 bridgehead atoms. The molecule has 0 unspecified atom stereocenters. The van der Waals surface area contributed by atoms with Crippen LogP contribution < -0.4 is 0 Å². The van der Waals surface area contributed by atoms with Crippen molar-refractivity contribution >= 4 is 11.6 Å². The van der Waals surface area contributed by atoms with E-state index >= 15 is 0 Å². The monoisotopic (exact) mass is 202 g/mol. The van der Waals surface area contributed by atoms with Gasteiger partial charge in [-0.25, -0.2) is 9.67 Å². The molecule has 5 heteroatoms. The minimum Gasteiger partial charge on any atom is -0.298 e. The van der Waals surface area contributed by atoms with Crippen molar-refractivity contribution in [2.45, 2.75) is 20.0 Å². The summed E-state index contributed by atoms with van der Waals surface area (Å²) in [6.45, 7) is 4.60. The molecule has 0 spiro atoms. The molecular weight excluding hydrogens is 188 g/mol. The molecule has 0 aliphatic heterocycles. The van der Waals surface area contributed by atoms with Gasteiger partial charge in [0.25, 0.3) is 0 Å². The van der Waals surface area contributed by atoms with Gasteiger partial charge in [-0.2, -0.15) is 5.10 Å². The molecule has 1 heterocycles. The van der Waals surface area contributed by atoms with E-state index in [0.717, 1.165) is 25.5 Å². The molecular formula is C8H15ClN4. The Labute approximate surface area is 83.5 Å². The van der Waals surface area contributed by atoms with Gasteiger partial charge in [-0.1, -0.05) is 0 Å². The number of rotatable bonds is 5. The topological polar surface area (TPSA) is 34.0 Å². The second-order valence-corrected chi connectivity index (χ2v) is 3.30. The maximum absolute atomic E-state index is 5.63. The van der Waals surface area contributed by atoms with E-state index in [-0.39, 0.29) is 0 Å². The van der Waals surface area contributed by atoms with Crippen LogP contribution in [0.2, 0.25) is 0 Å². The standard InChI is InChI=1S/C8H15ClN4/c1-3-13-8(10-7-11-13)6-12(2)5-4-9/h7H,3-6H2,1-2H3. The van der Waals surface area contributed by atoms with Gasteiger partial charge in [-0.05, 0) is 14.0 Å². The van der Waals surface area contributed by atoms with Crippen LogP contribution in [0.3, 0.4) is 0 Å². The Balaban J connectivity index is 2.52. The summed E-state index contributed by atoms with van der Waals surface area (Å²) < 4.78 is 1.89. The van der Waals surface area contributed by atoms with Crippen LogP contribution in [0.25, 0.3) is 0 Å². The van der Waals surface area contributed by atoms with Crippen LogP contribution in [0.5, 0.6) is 0 Å². The number of aromatic nitrogens is 3. The van der Waals surface area contributed by atoms with E-state index < -0.39 is 0 Å². The highest BCUT2D eigenvalue weighted by atomic mass is 35.5. The zero-order valence-corrected chi connectivity index (χ0v) is 8.83. The molecule has 0 saturated carbocycles. The lowest BCUT2D eigenvalue weighted by Gasteiger charge is -2.14. The Hall–Kier alpha value is -0.610. The number of hydrogen-bond acceptors (Lipinski definition) is 3. The van der Waals surface area contributed by atoms with E-state index in [2.05, 4.69) is 21.9 Å². The van der Waals surface area contributed by atoms with Crippen molar-refractivity contribution < 1.29 is 0 Å². The fourth-order valence-corrected chi connectivity index (χ4v) is 1.43. The van der Waals surface area contributed by atoms with Crippen LogP contribution in [0, 0.1) is 0 Å². The zero-order chi connectivity index (χ0) is 9.68. The van der Waals surface area contributed by atoms with Crippen molar-refractivity contribution in [2.75, 3.05) is 19.5 Å². The summed E-state index contributed by atoms with van der Waals surface area (Å²) in [7, 11) is 2.02. The van der Waals surface area contributed by atoms with E-state index in [1.54, 1.807) is 6.33 Å². The maximum atomic E-state index is 5.63. The van der Waals surface area contributed by atoms with Crippen LogP contribution in [0.1, 0.15) is 12.7 Å². The Morgan fingerprint density at radius 2 is 2.38 bits per heavy atom. The third-order valence-corrected chi connectivity index (χ3v) is 2.04. The molecule has 0 aliphatic rings. The molecule has 1 aromatic heterocycles. The smallest absolute Gasteiger partial charge is 0.140 e. The molecule has 0 saturated heterocycles. The van der Waals surface area contributed by atoms with Crippen LogP contribution in [0.4, 0.5) is 0 Å². The molecule has 0 amide bonds. The number of nitrogens with zero attached hydrogens (tertiary/aromatic N) is 4. The summed E-state index contributed by atoms with van der Waals surface area (Å²) in [4.78, 5) is 6.30. The first-order valence-corrected chi connectivity index (χ1v) is 4.92. The van der Waals surface area contributed by atoms with Crippen molar-refractivity contribution in [1.82, 2.24) is 19.7 Å². The first kappa shape index (κ1) is 10.5. The van der Waals surface area contributed by atoms with Crippen molar-refractivity contribution in [3.05, 3.63) is 12.2 Å². The van der Waals surface area contributed by atoms with E-state index in [0.29, 0.717) is 5.88 Å². The van der Waals surface area contributed by atoms with Gasteiger partial charge in [0.05, 0.1) is 6.54 Å². The van der Waals surface area contributed by atoms with Gasteiger partial charge in [0.1, 0.15) is 12.2 Å². The predicted molar refractivity (Wildman–Crippen MR) is 52.8 cm³/mol. The summed E-state index contributed by atoms with van der Waals surface area (Å²) in [6.07, 6.45) is 1.59.